The third kappa shape index (κ3) is 4.50. The van der Waals surface area contributed by atoms with Crippen molar-refractivity contribution >= 4 is 5.91 Å². The number of aromatic nitrogens is 2. The van der Waals surface area contributed by atoms with Gasteiger partial charge in [-0.05, 0) is 49.4 Å². The van der Waals surface area contributed by atoms with Crippen LogP contribution in [0.3, 0.4) is 0 Å². The molecule has 0 spiro atoms. The molecular weight excluding hydrogens is 352 g/mol. The number of H-pyrrole nitrogens is 1. The van der Waals surface area contributed by atoms with Crippen molar-refractivity contribution in [2.75, 3.05) is 19.6 Å². The lowest BCUT2D eigenvalue weighted by Crippen LogP contribution is -2.36. The summed E-state index contributed by atoms with van der Waals surface area (Å²) >= 11 is 0. The maximum absolute atomic E-state index is 12.5. The molecule has 1 aliphatic carbocycles. The van der Waals surface area contributed by atoms with Crippen LogP contribution in [0.4, 0.5) is 0 Å². The summed E-state index contributed by atoms with van der Waals surface area (Å²) in [4.78, 5) is 32.5. The topological polar surface area (TPSA) is 78.1 Å². The number of hydrogen-bond donors (Lipinski definition) is 2. The second-order valence-electron chi connectivity index (χ2n) is 8.04. The monoisotopic (exact) mass is 380 g/mol. The van der Waals surface area contributed by atoms with Crippen LogP contribution in [0.5, 0.6) is 0 Å². The number of hydrogen-bond acceptors (Lipinski definition) is 4. The average molecular weight is 380 g/mol. The smallest absolute Gasteiger partial charge is 0.344 e. The van der Waals surface area contributed by atoms with Crippen molar-refractivity contribution in [1.82, 2.24) is 20.2 Å². The Labute approximate surface area is 165 Å². The van der Waals surface area contributed by atoms with Crippen LogP contribution in [0.15, 0.2) is 41.5 Å². The second kappa shape index (κ2) is 8.69. The molecule has 1 atom stereocenters. The molecule has 4 rings (SSSR count). The molecule has 148 valence electrons. The van der Waals surface area contributed by atoms with E-state index in [4.69, 9.17) is 0 Å². The lowest BCUT2D eigenvalue weighted by atomic mass is 9.94. The minimum atomic E-state index is -0.367. The molecule has 1 amide bonds. The van der Waals surface area contributed by atoms with Crippen molar-refractivity contribution in [3.63, 3.8) is 0 Å². The van der Waals surface area contributed by atoms with E-state index in [9.17, 15) is 9.59 Å². The van der Waals surface area contributed by atoms with Crippen molar-refractivity contribution in [1.29, 1.82) is 0 Å². The summed E-state index contributed by atoms with van der Waals surface area (Å²) in [5.74, 6) is 0.527. The SMILES string of the molecule is O=C(NCC1CCN(C2CCCCC2)C1)c1ccc(-c2cnc(=O)[nH]c2)cc1. The van der Waals surface area contributed by atoms with E-state index in [2.05, 4.69) is 20.2 Å². The van der Waals surface area contributed by atoms with Gasteiger partial charge in [0.1, 0.15) is 0 Å². The van der Waals surface area contributed by atoms with E-state index in [0.29, 0.717) is 11.5 Å². The quantitative estimate of drug-likeness (QED) is 0.836. The molecule has 1 unspecified atom stereocenters. The third-order valence-corrected chi connectivity index (χ3v) is 6.11. The molecule has 0 radical (unpaired) electrons. The van der Waals surface area contributed by atoms with E-state index in [1.807, 2.05) is 24.3 Å². The summed E-state index contributed by atoms with van der Waals surface area (Å²) < 4.78 is 0. The highest BCUT2D eigenvalue weighted by atomic mass is 16.1. The van der Waals surface area contributed by atoms with Crippen molar-refractivity contribution < 1.29 is 4.79 Å². The number of benzene rings is 1. The van der Waals surface area contributed by atoms with Gasteiger partial charge in [0.05, 0.1) is 0 Å². The van der Waals surface area contributed by atoms with Crippen LogP contribution in [-0.4, -0.2) is 46.5 Å². The molecule has 2 aromatic rings. The number of carbonyl (C=O) groups is 1. The van der Waals surface area contributed by atoms with Crippen molar-refractivity contribution in [3.05, 3.63) is 52.7 Å². The molecule has 2 N–H and O–H groups in total. The first kappa shape index (κ1) is 18.9. The Morgan fingerprint density at radius 1 is 1.11 bits per heavy atom. The van der Waals surface area contributed by atoms with Gasteiger partial charge in [-0.1, -0.05) is 31.4 Å². The fourth-order valence-electron chi connectivity index (χ4n) is 4.46. The van der Waals surface area contributed by atoms with E-state index in [1.165, 1.54) is 51.3 Å². The van der Waals surface area contributed by atoms with Crippen molar-refractivity contribution in [2.45, 2.75) is 44.6 Å². The normalized spacial score (nSPS) is 20.9. The Morgan fingerprint density at radius 3 is 2.61 bits per heavy atom. The van der Waals surface area contributed by atoms with E-state index in [0.717, 1.165) is 30.3 Å². The maximum atomic E-state index is 12.5. The van der Waals surface area contributed by atoms with Gasteiger partial charge in [-0.25, -0.2) is 9.78 Å². The number of nitrogens with zero attached hydrogens (tertiary/aromatic N) is 2. The van der Waals surface area contributed by atoms with E-state index in [1.54, 1.807) is 6.20 Å². The Balaban J connectivity index is 1.28. The summed E-state index contributed by atoms with van der Waals surface area (Å²) in [6.07, 6.45) is 11.2. The Morgan fingerprint density at radius 2 is 1.89 bits per heavy atom. The van der Waals surface area contributed by atoms with Gasteiger partial charge in [0.2, 0.25) is 0 Å². The molecule has 2 fully saturated rings. The van der Waals surface area contributed by atoms with Gasteiger partial charge >= 0.3 is 5.69 Å². The summed E-state index contributed by atoms with van der Waals surface area (Å²) in [6.45, 7) is 3.03. The molecule has 28 heavy (non-hydrogen) atoms. The predicted molar refractivity (Wildman–Crippen MR) is 109 cm³/mol. The third-order valence-electron chi connectivity index (χ3n) is 6.11. The van der Waals surface area contributed by atoms with Gasteiger partial charge < -0.3 is 15.2 Å². The lowest BCUT2D eigenvalue weighted by Gasteiger charge is -2.31. The molecular formula is C22H28N4O2. The fourth-order valence-corrected chi connectivity index (χ4v) is 4.46. The number of likely N-dealkylation sites (tertiary alicyclic amines) is 1. The maximum Gasteiger partial charge on any atom is 0.344 e. The van der Waals surface area contributed by atoms with E-state index >= 15 is 0 Å². The molecule has 0 bridgehead atoms. The van der Waals surface area contributed by atoms with Gasteiger partial charge in [0.15, 0.2) is 0 Å². The Kier molecular flexibility index (Phi) is 5.86. The van der Waals surface area contributed by atoms with Crippen molar-refractivity contribution in [3.8, 4) is 11.1 Å². The molecule has 1 saturated carbocycles. The Hall–Kier alpha value is -2.47. The first-order valence-electron chi connectivity index (χ1n) is 10.4. The highest BCUT2D eigenvalue weighted by molar-refractivity contribution is 5.94. The Bertz CT molecular complexity index is 835. The van der Waals surface area contributed by atoms with Crippen LogP contribution < -0.4 is 11.0 Å². The molecule has 2 aliphatic rings. The van der Waals surface area contributed by atoms with E-state index < -0.39 is 0 Å². The summed E-state index contributed by atoms with van der Waals surface area (Å²) in [5.41, 5.74) is 2.02. The number of carbonyl (C=O) groups excluding carboxylic acids is 1. The molecule has 2 heterocycles. The van der Waals surface area contributed by atoms with Crippen molar-refractivity contribution in [2.24, 2.45) is 5.92 Å². The van der Waals surface area contributed by atoms with Gasteiger partial charge in [-0.15, -0.1) is 0 Å². The highest BCUT2D eigenvalue weighted by Crippen LogP contribution is 2.27. The van der Waals surface area contributed by atoms with Crippen LogP contribution in [0, 0.1) is 5.92 Å². The molecule has 1 aromatic heterocycles. The van der Waals surface area contributed by atoms with Gasteiger partial charge in [-0.3, -0.25) is 4.79 Å². The first-order chi connectivity index (χ1) is 13.7. The standard InChI is InChI=1S/C22H28N4O2/c27-21(18-8-6-17(7-9-18)19-13-24-22(28)25-14-19)23-12-16-10-11-26(15-16)20-4-2-1-3-5-20/h6-9,13-14,16,20H,1-5,10-12,15H2,(H,23,27)(H,24,25,28). The number of rotatable bonds is 5. The zero-order chi connectivity index (χ0) is 19.3. The minimum Gasteiger partial charge on any atom is -0.352 e. The van der Waals surface area contributed by atoms with Gasteiger partial charge in [0.25, 0.3) is 5.91 Å². The highest BCUT2D eigenvalue weighted by Gasteiger charge is 2.29. The number of amides is 1. The van der Waals surface area contributed by atoms with Gasteiger partial charge in [-0.2, -0.15) is 0 Å². The van der Waals surface area contributed by atoms with Gasteiger partial charge in [0, 0.05) is 42.7 Å². The predicted octanol–water partition coefficient (Wildman–Crippen LogP) is 2.82. The molecule has 1 aliphatic heterocycles. The summed E-state index contributed by atoms with van der Waals surface area (Å²) in [6, 6.07) is 8.16. The average Bonchev–Trinajstić information content (AvgIpc) is 3.22. The molecule has 6 heteroatoms. The van der Waals surface area contributed by atoms with Crippen LogP contribution in [-0.2, 0) is 0 Å². The first-order valence-corrected chi connectivity index (χ1v) is 10.4. The van der Waals surface area contributed by atoms with Crippen LogP contribution in [0.25, 0.3) is 11.1 Å². The number of aromatic amines is 1. The largest absolute Gasteiger partial charge is 0.352 e. The zero-order valence-electron chi connectivity index (χ0n) is 16.2. The fraction of sp³-hybridized carbons (Fsp3) is 0.500. The van der Waals surface area contributed by atoms with Crippen LogP contribution in [0.1, 0.15) is 48.9 Å². The molecule has 1 aromatic carbocycles. The lowest BCUT2D eigenvalue weighted by molar-refractivity contribution is 0.0946. The van der Waals surface area contributed by atoms with E-state index in [-0.39, 0.29) is 11.6 Å². The molecule has 6 nitrogen and oxygen atoms in total. The van der Waals surface area contributed by atoms with Crippen LogP contribution >= 0.6 is 0 Å². The summed E-state index contributed by atoms with van der Waals surface area (Å²) in [5, 5.41) is 3.11. The molecule has 1 saturated heterocycles. The summed E-state index contributed by atoms with van der Waals surface area (Å²) in [7, 11) is 0. The van der Waals surface area contributed by atoms with Crippen LogP contribution in [0.2, 0.25) is 0 Å². The number of nitrogens with one attached hydrogen (secondary N) is 2. The minimum absolute atomic E-state index is 0.0257. The zero-order valence-corrected chi connectivity index (χ0v) is 16.2. The second-order valence-corrected chi connectivity index (χ2v) is 8.04.